The standard InChI is InChI=1S/C15H22N4O2S/c1-7(20)6-16-14(21)9(3)17-13-12-8(2)10(4)22-15(12)19-11(5)18-13/h7,9,20H,6H2,1-5H3,(H,16,21)(H,17,18,19)/t7-,9?/m1/s1. The minimum Gasteiger partial charge on any atom is -0.392 e. The van der Waals surface area contributed by atoms with Crippen molar-refractivity contribution in [3.63, 3.8) is 0 Å². The number of aryl methyl sites for hydroxylation is 3. The van der Waals surface area contributed by atoms with Crippen LogP contribution in [0.5, 0.6) is 0 Å². The number of anilines is 1. The molecule has 1 amide bonds. The second-order valence-electron chi connectivity index (χ2n) is 5.54. The van der Waals surface area contributed by atoms with Crippen LogP contribution in [-0.4, -0.2) is 39.7 Å². The summed E-state index contributed by atoms with van der Waals surface area (Å²) in [5.74, 6) is 1.19. The van der Waals surface area contributed by atoms with E-state index in [4.69, 9.17) is 0 Å². The maximum atomic E-state index is 12.0. The van der Waals surface area contributed by atoms with Gasteiger partial charge in [0, 0.05) is 11.4 Å². The van der Waals surface area contributed by atoms with E-state index < -0.39 is 12.1 Å². The normalized spacial score (nSPS) is 13.9. The summed E-state index contributed by atoms with van der Waals surface area (Å²) in [6.45, 7) is 9.57. The van der Waals surface area contributed by atoms with Gasteiger partial charge in [-0.1, -0.05) is 0 Å². The third-order valence-electron chi connectivity index (χ3n) is 3.46. The Bertz CT molecular complexity index is 696. The van der Waals surface area contributed by atoms with Crippen molar-refractivity contribution in [2.45, 2.75) is 46.8 Å². The summed E-state index contributed by atoms with van der Waals surface area (Å²) in [4.78, 5) is 23.1. The molecule has 1 unspecified atom stereocenters. The summed E-state index contributed by atoms with van der Waals surface area (Å²) in [6.07, 6.45) is -0.564. The van der Waals surface area contributed by atoms with E-state index >= 15 is 0 Å². The molecule has 0 bridgehead atoms. The maximum Gasteiger partial charge on any atom is 0.242 e. The van der Waals surface area contributed by atoms with E-state index in [0.717, 1.165) is 15.8 Å². The average molecular weight is 322 g/mol. The zero-order valence-corrected chi connectivity index (χ0v) is 14.3. The van der Waals surface area contributed by atoms with E-state index in [1.165, 1.54) is 4.88 Å². The second-order valence-corrected chi connectivity index (χ2v) is 6.75. The predicted molar refractivity (Wildman–Crippen MR) is 89.4 cm³/mol. The summed E-state index contributed by atoms with van der Waals surface area (Å²) < 4.78 is 0. The number of nitrogens with one attached hydrogen (secondary N) is 2. The van der Waals surface area contributed by atoms with Gasteiger partial charge < -0.3 is 15.7 Å². The van der Waals surface area contributed by atoms with Crippen LogP contribution in [0.25, 0.3) is 10.2 Å². The number of aliphatic hydroxyl groups is 1. The fourth-order valence-corrected chi connectivity index (χ4v) is 3.21. The third-order valence-corrected chi connectivity index (χ3v) is 4.56. The zero-order chi connectivity index (χ0) is 16.4. The number of nitrogens with zero attached hydrogens (tertiary/aromatic N) is 2. The van der Waals surface area contributed by atoms with Crippen LogP contribution in [0.4, 0.5) is 5.82 Å². The fourth-order valence-electron chi connectivity index (χ4n) is 2.13. The zero-order valence-electron chi connectivity index (χ0n) is 13.5. The molecule has 2 aromatic heterocycles. The van der Waals surface area contributed by atoms with Gasteiger partial charge in [-0.05, 0) is 40.2 Å². The summed E-state index contributed by atoms with van der Waals surface area (Å²) >= 11 is 1.63. The van der Waals surface area contributed by atoms with Crippen molar-refractivity contribution in [1.82, 2.24) is 15.3 Å². The van der Waals surface area contributed by atoms with E-state index in [2.05, 4.69) is 27.5 Å². The van der Waals surface area contributed by atoms with Gasteiger partial charge in [-0.3, -0.25) is 4.79 Å². The van der Waals surface area contributed by atoms with Crippen molar-refractivity contribution in [3.05, 3.63) is 16.3 Å². The molecule has 0 spiro atoms. The Morgan fingerprint density at radius 2 is 1.95 bits per heavy atom. The Morgan fingerprint density at radius 3 is 2.59 bits per heavy atom. The van der Waals surface area contributed by atoms with Crippen molar-refractivity contribution >= 4 is 33.3 Å². The van der Waals surface area contributed by atoms with Gasteiger partial charge >= 0.3 is 0 Å². The third kappa shape index (κ3) is 3.53. The van der Waals surface area contributed by atoms with Gasteiger partial charge in [0.1, 0.15) is 22.5 Å². The van der Waals surface area contributed by atoms with Crippen molar-refractivity contribution in [2.75, 3.05) is 11.9 Å². The van der Waals surface area contributed by atoms with Crippen LogP contribution in [0, 0.1) is 20.8 Å². The lowest BCUT2D eigenvalue weighted by Crippen LogP contribution is -2.40. The van der Waals surface area contributed by atoms with Crippen molar-refractivity contribution < 1.29 is 9.90 Å². The number of rotatable bonds is 5. The molecule has 120 valence electrons. The van der Waals surface area contributed by atoms with E-state index in [9.17, 15) is 9.90 Å². The van der Waals surface area contributed by atoms with Crippen LogP contribution in [-0.2, 0) is 4.79 Å². The van der Waals surface area contributed by atoms with Gasteiger partial charge in [-0.2, -0.15) is 0 Å². The highest BCUT2D eigenvalue weighted by atomic mass is 32.1. The molecule has 2 aromatic rings. The maximum absolute atomic E-state index is 12.0. The molecule has 7 heteroatoms. The number of thiophene rings is 1. The molecule has 2 atom stereocenters. The lowest BCUT2D eigenvalue weighted by atomic mass is 10.2. The number of fused-ring (bicyclic) bond motifs is 1. The van der Waals surface area contributed by atoms with E-state index in [-0.39, 0.29) is 12.5 Å². The number of aliphatic hydroxyl groups excluding tert-OH is 1. The van der Waals surface area contributed by atoms with E-state index in [0.29, 0.717) is 11.6 Å². The number of aromatic nitrogens is 2. The predicted octanol–water partition coefficient (Wildman–Crippen LogP) is 1.91. The van der Waals surface area contributed by atoms with Gasteiger partial charge in [0.2, 0.25) is 5.91 Å². The summed E-state index contributed by atoms with van der Waals surface area (Å²) in [7, 11) is 0. The molecule has 2 rings (SSSR count). The largest absolute Gasteiger partial charge is 0.392 e. The van der Waals surface area contributed by atoms with Crippen LogP contribution < -0.4 is 10.6 Å². The Morgan fingerprint density at radius 1 is 1.27 bits per heavy atom. The monoisotopic (exact) mass is 322 g/mol. The molecule has 0 fully saturated rings. The molecule has 6 nitrogen and oxygen atoms in total. The molecule has 3 N–H and O–H groups in total. The highest BCUT2D eigenvalue weighted by molar-refractivity contribution is 7.18. The van der Waals surface area contributed by atoms with E-state index in [1.807, 2.05) is 13.8 Å². The number of hydrogen-bond acceptors (Lipinski definition) is 6. The highest BCUT2D eigenvalue weighted by Crippen LogP contribution is 2.33. The molecule has 0 aliphatic rings. The molecule has 0 aliphatic heterocycles. The molecule has 2 heterocycles. The number of carbonyl (C=O) groups excluding carboxylic acids is 1. The lowest BCUT2D eigenvalue weighted by molar-refractivity contribution is -0.121. The van der Waals surface area contributed by atoms with Crippen molar-refractivity contribution in [1.29, 1.82) is 0 Å². The molecule has 0 radical (unpaired) electrons. The summed E-state index contributed by atoms with van der Waals surface area (Å²) in [5, 5.41) is 16.1. The van der Waals surface area contributed by atoms with Gasteiger partial charge in [0.05, 0.1) is 11.5 Å². The van der Waals surface area contributed by atoms with Crippen LogP contribution in [0.1, 0.15) is 30.1 Å². The number of hydrogen-bond donors (Lipinski definition) is 3. The first kappa shape index (κ1) is 16.6. The molecular formula is C15H22N4O2S. The molecule has 0 aliphatic carbocycles. The van der Waals surface area contributed by atoms with Crippen LogP contribution in [0.3, 0.4) is 0 Å². The Balaban J connectivity index is 2.25. The Labute approximate surface area is 134 Å². The topological polar surface area (TPSA) is 87.1 Å². The second kappa shape index (κ2) is 6.58. The quantitative estimate of drug-likeness (QED) is 0.783. The highest BCUT2D eigenvalue weighted by Gasteiger charge is 2.18. The van der Waals surface area contributed by atoms with Crippen molar-refractivity contribution in [2.24, 2.45) is 0 Å². The van der Waals surface area contributed by atoms with Gasteiger partial charge in [-0.25, -0.2) is 9.97 Å². The van der Waals surface area contributed by atoms with Crippen LogP contribution in [0.15, 0.2) is 0 Å². The minimum absolute atomic E-state index is 0.171. The Hall–Kier alpha value is -1.73. The molecule has 0 saturated heterocycles. The number of carbonyl (C=O) groups is 1. The SMILES string of the molecule is Cc1nc(NC(C)C(=O)NC[C@@H](C)O)c2c(C)c(C)sc2n1. The van der Waals surface area contributed by atoms with Gasteiger partial charge in [0.15, 0.2) is 0 Å². The molecule has 22 heavy (non-hydrogen) atoms. The first-order chi connectivity index (χ1) is 10.3. The summed E-state index contributed by atoms with van der Waals surface area (Å²) in [5.41, 5.74) is 1.14. The van der Waals surface area contributed by atoms with Gasteiger partial charge in [0.25, 0.3) is 0 Å². The van der Waals surface area contributed by atoms with Crippen LogP contribution in [0.2, 0.25) is 0 Å². The first-order valence-corrected chi connectivity index (χ1v) is 8.08. The minimum atomic E-state index is -0.564. The summed E-state index contributed by atoms with van der Waals surface area (Å²) in [6, 6.07) is -0.448. The Kier molecular flexibility index (Phi) is 4.97. The van der Waals surface area contributed by atoms with E-state index in [1.54, 1.807) is 25.2 Å². The average Bonchev–Trinajstić information content (AvgIpc) is 2.70. The first-order valence-electron chi connectivity index (χ1n) is 7.26. The van der Waals surface area contributed by atoms with Crippen molar-refractivity contribution in [3.8, 4) is 0 Å². The lowest BCUT2D eigenvalue weighted by Gasteiger charge is -2.16. The van der Waals surface area contributed by atoms with Crippen LogP contribution >= 0.6 is 11.3 Å². The molecule has 0 aromatic carbocycles. The smallest absolute Gasteiger partial charge is 0.242 e. The fraction of sp³-hybridized carbons (Fsp3) is 0.533. The molecule has 0 saturated carbocycles. The van der Waals surface area contributed by atoms with Gasteiger partial charge in [-0.15, -0.1) is 11.3 Å². The molecular weight excluding hydrogens is 300 g/mol. The number of amides is 1.